The van der Waals surface area contributed by atoms with Crippen molar-refractivity contribution in [2.24, 2.45) is 5.92 Å². The largest absolute Gasteiger partial charge is 0.518 e. The van der Waals surface area contributed by atoms with Gasteiger partial charge in [0.1, 0.15) is 0 Å². The normalized spacial score (nSPS) is 17.8. The molecule has 0 fully saturated rings. The van der Waals surface area contributed by atoms with Crippen molar-refractivity contribution in [1.82, 2.24) is 0 Å². The highest BCUT2D eigenvalue weighted by Gasteiger charge is 2.49. The van der Waals surface area contributed by atoms with E-state index >= 15 is 0 Å². The van der Waals surface area contributed by atoms with Crippen molar-refractivity contribution in [1.29, 1.82) is 0 Å². The van der Waals surface area contributed by atoms with Crippen LogP contribution in [0.1, 0.15) is 75.2 Å². The van der Waals surface area contributed by atoms with Gasteiger partial charge in [-0.2, -0.15) is 0 Å². The quantitative estimate of drug-likeness (QED) is 0.314. The van der Waals surface area contributed by atoms with Crippen molar-refractivity contribution in [3.05, 3.63) is 0 Å². The van der Waals surface area contributed by atoms with Crippen LogP contribution in [-0.2, 0) is 22.5 Å². The predicted octanol–water partition coefficient (Wildman–Crippen LogP) is 5.78. The smallest absolute Gasteiger partial charge is 0.501 e. The van der Waals surface area contributed by atoms with E-state index in [1.54, 1.807) is 0 Å². The van der Waals surface area contributed by atoms with Gasteiger partial charge < -0.3 is 17.7 Å². The summed E-state index contributed by atoms with van der Waals surface area (Å²) in [6.45, 7) is 20.3. The molecule has 0 radical (unpaired) electrons. The molecular formula is C20H44O5Si2. The summed E-state index contributed by atoms with van der Waals surface area (Å²) in [6, 6.07) is 1.43. The minimum atomic E-state index is -2.86. The summed E-state index contributed by atoms with van der Waals surface area (Å²) < 4.78 is 24.2. The van der Waals surface area contributed by atoms with Crippen molar-refractivity contribution in [2.45, 2.75) is 98.3 Å². The third kappa shape index (κ3) is 7.27. The van der Waals surface area contributed by atoms with Crippen molar-refractivity contribution >= 4 is 23.1 Å². The van der Waals surface area contributed by atoms with Gasteiger partial charge in [-0.15, -0.1) is 0 Å². The van der Waals surface area contributed by atoms with E-state index in [4.69, 9.17) is 17.7 Å². The molecule has 0 bridgehead atoms. The SMILES string of the molecule is CCO[Si](CC(C)C(=O)O[Si](CC)(C(C)CC)C(C)CC)(OCC)OCC. The average Bonchev–Trinajstić information content (AvgIpc) is 2.65. The number of carbonyl (C=O) groups is 1. The molecule has 0 aliphatic heterocycles. The second-order valence-electron chi connectivity index (χ2n) is 7.44. The van der Waals surface area contributed by atoms with Gasteiger partial charge in [0.25, 0.3) is 14.3 Å². The lowest BCUT2D eigenvalue weighted by Crippen LogP contribution is -2.51. The summed E-state index contributed by atoms with van der Waals surface area (Å²) in [5, 5.41) is 0. The number of hydrogen-bond donors (Lipinski definition) is 0. The Morgan fingerprint density at radius 2 is 1.19 bits per heavy atom. The predicted molar refractivity (Wildman–Crippen MR) is 116 cm³/mol. The maximum atomic E-state index is 13.1. The minimum Gasteiger partial charge on any atom is -0.518 e. The molecule has 0 N–H and O–H groups in total. The third-order valence-electron chi connectivity index (χ3n) is 5.79. The Labute approximate surface area is 170 Å². The van der Waals surface area contributed by atoms with Crippen LogP contribution in [0.4, 0.5) is 0 Å². The van der Waals surface area contributed by atoms with Gasteiger partial charge in [0.15, 0.2) is 0 Å². The molecule has 0 saturated heterocycles. The van der Waals surface area contributed by atoms with Crippen molar-refractivity contribution in [3.8, 4) is 0 Å². The molecular weight excluding hydrogens is 376 g/mol. The van der Waals surface area contributed by atoms with Gasteiger partial charge in [-0.05, 0) is 37.9 Å². The second kappa shape index (κ2) is 13.1. The maximum absolute atomic E-state index is 13.1. The first-order chi connectivity index (χ1) is 12.7. The zero-order chi connectivity index (χ0) is 21.1. The molecule has 27 heavy (non-hydrogen) atoms. The van der Waals surface area contributed by atoms with Gasteiger partial charge in [-0.1, -0.05) is 54.4 Å². The minimum absolute atomic E-state index is 0.111. The molecule has 3 unspecified atom stereocenters. The van der Waals surface area contributed by atoms with E-state index in [1.165, 1.54) is 0 Å². The molecule has 0 aromatic heterocycles. The van der Waals surface area contributed by atoms with E-state index in [0.29, 0.717) is 36.9 Å². The van der Waals surface area contributed by atoms with E-state index < -0.39 is 17.1 Å². The molecule has 0 aliphatic rings. The van der Waals surface area contributed by atoms with Crippen LogP contribution in [0.15, 0.2) is 0 Å². The third-order valence-corrected chi connectivity index (χ3v) is 14.9. The molecule has 0 aromatic rings. The summed E-state index contributed by atoms with van der Waals surface area (Å²) in [5.41, 5.74) is 0.891. The van der Waals surface area contributed by atoms with Crippen LogP contribution < -0.4 is 0 Å². The fraction of sp³-hybridized carbons (Fsp3) is 0.950. The fourth-order valence-corrected chi connectivity index (χ4v) is 11.6. The monoisotopic (exact) mass is 420 g/mol. The summed E-state index contributed by atoms with van der Waals surface area (Å²) in [7, 11) is -5.05. The first kappa shape index (κ1) is 26.8. The van der Waals surface area contributed by atoms with Gasteiger partial charge in [-0.25, -0.2) is 0 Å². The molecule has 0 aliphatic carbocycles. The van der Waals surface area contributed by atoms with Crippen LogP contribution >= 0.6 is 0 Å². The highest BCUT2D eigenvalue weighted by atomic mass is 28.4. The van der Waals surface area contributed by atoms with Crippen LogP contribution in [-0.4, -0.2) is 42.9 Å². The summed E-state index contributed by atoms with van der Waals surface area (Å²) in [4.78, 5) is 13.1. The first-order valence-corrected chi connectivity index (χ1v) is 15.1. The Balaban J connectivity index is 5.47. The van der Waals surface area contributed by atoms with Gasteiger partial charge in [-0.3, -0.25) is 4.79 Å². The Bertz CT molecular complexity index is 392. The Morgan fingerprint density at radius 3 is 1.48 bits per heavy atom. The lowest BCUT2D eigenvalue weighted by atomic mass is 10.2. The average molecular weight is 421 g/mol. The van der Waals surface area contributed by atoms with Crippen LogP contribution in [0, 0.1) is 5.92 Å². The molecule has 0 saturated carbocycles. The zero-order valence-corrected chi connectivity index (χ0v) is 21.2. The molecule has 0 spiro atoms. The topological polar surface area (TPSA) is 54.0 Å². The van der Waals surface area contributed by atoms with Crippen LogP contribution in [0.2, 0.25) is 23.2 Å². The molecule has 7 heteroatoms. The van der Waals surface area contributed by atoms with Crippen molar-refractivity contribution in [2.75, 3.05) is 19.8 Å². The van der Waals surface area contributed by atoms with E-state index in [0.717, 1.165) is 18.9 Å². The maximum Gasteiger partial charge on any atom is 0.501 e. The summed E-state index contributed by atoms with van der Waals surface area (Å²) >= 11 is 0. The van der Waals surface area contributed by atoms with Gasteiger partial charge in [0, 0.05) is 25.9 Å². The van der Waals surface area contributed by atoms with Crippen LogP contribution in [0.25, 0.3) is 0 Å². The fourth-order valence-electron chi connectivity index (χ4n) is 3.85. The number of rotatable bonds is 15. The Morgan fingerprint density at radius 1 is 0.778 bits per heavy atom. The lowest BCUT2D eigenvalue weighted by Gasteiger charge is -2.40. The molecule has 5 nitrogen and oxygen atoms in total. The van der Waals surface area contributed by atoms with Gasteiger partial charge in [0.05, 0.1) is 5.92 Å². The molecule has 0 rings (SSSR count). The van der Waals surface area contributed by atoms with Gasteiger partial charge >= 0.3 is 8.80 Å². The van der Waals surface area contributed by atoms with Crippen molar-refractivity contribution < 1.29 is 22.5 Å². The van der Waals surface area contributed by atoms with Crippen LogP contribution in [0.5, 0.6) is 0 Å². The van der Waals surface area contributed by atoms with Crippen molar-refractivity contribution in [3.63, 3.8) is 0 Å². The molecule has 0 amide bonds. The van der Waals surface area contributed by atoms with E-state index in [-0.39, 0.29) is 11.9 Å². The van der Waals surface area contributed by atoms with Crippen LogP contribution in [0.3, 0.4) is 0 Å². The van der Waals surface area contributed by atoms with Gasteiger partial charge in [0.2, 0.25) is 0 Å². The summed E-state index contributed by atoms with van der Waals surface area (Å²) in [6.07, 6.45) is 2.09. The molecule has 0 aromatic carbocycles. The standard InChI is InChI=1S/C20H44O5Si2/c1-10-18(8)26(15-6,19(9)11-2)25-20(21)17(7)16-27(22-12-3,23-13-4)24-14-5/h17-19H,10-16H2,1-9H3. The zero-order valence-electron chi connectivity index (χ0n) is 19.2. The van der Waals surface area contributed by atoms with E-state index in [9.17, 15) is 4.79 Å². The highest BCUT2D eigenvalue weighted by molar-refractivity contribution is 6.77. The number of carbonyl (C=O) groups excluding carboxylic acids is 1. The lowest BCUT2D eigenvalue weighted by molar-refractivity contribution is -0.139. The number of hydrogen-bond acceptors (Lipinski definition) is 5. The summed E-state index contributed by atoms with van der Waals surface area (Å²) in [5.74, 6) is -0.409. The Hall–Kier alpha value is -0.216. The molecule has 0 heterocycles. The van der Waals surface area contributed by atoms with E-state index in [2.05, 4.69) is 34.6 Å². The Kier molecular flexibility index (Phi) is 13.0. The van der Waals surface area contributed by atoms with E-state index in [1.807, 2.05) is 27.7 Å². The molecule has 3 atom stereocenters. The second-order valence-corrected chi connectivity index (χ2v) is 14.9. The highest BCUT2D eigenvalue weighted by Crippen LogP contribution is 2.41. The molecule has 162 valence electrons. The first-order valence-electron chi connectivity index (χ1n) is 10.9.